The second-order valence-corrected chi connectivity index (χ2v) is 3.81. The first-order valence-corrected chi connectivity index (χ1v) is 4.71. The second kappa shape index (κ2) is 4.52. The second-order valence-electron chi connectivity index (χ2n) is 3.81. The number of imide groups is 1. The van der Waals surface area contributed by atoms with Crippen molar-refractivity contribution in [1.29, 1.82) is 0 Å². The summed E-state index contributed by atoms with van der Waals surface area (Å²) in [6, 6.07) is -0.313. The van der Waals surface area contributed by atoms with Crippen molar-refractivity contribution in [1.82, 2.24) is 15.1 Å². The molecule has 5 heteroatoms. The van der Waals surface area contributed by atoms with Crippen LogP contribution < -0.4 is 5.32 Å². The Balaban J connectivity index is 2.33. The van der Waals surface area contributed by atoms with E-state index in [1.165, 1.54) is 11.9 Å². The van der Waals surface area contributed by atoms with E-state index in [0.29, 0.717) is 6.42 Å². The van der Waals surface area contributed by atoms with Gasteiger partial charge in [-0.3, -0.25) is 14.5 Å². The van der Waals surface area contributed by atoms with Gasteiger partial charge >= 0.3 is 0 Å². The average molecular weight is 199 g/mol. The third-order valence-electron chi connectivity index (χ3n) is 2.33. The Bertz CT molecular complexity index is 240. The lowest BCUT2D eigenvalue weighted by Gasteiger charge is -2.13. The predicted octanol–water partition coefficient (Wildman–Crippen LogP) is -1.11. The van der Waals surface area contributed by atoms with Gasteiger partial charge in [0, 0.05) is 20.1 Å². The van der Waals surface area contributed by atoms with Crippen molar-refractivity contribution in [2.24, 2.45) is 0 Å². The molecule has 1 saturated heterocycles. The molecule has 0 bridgehead atoms. The molecule has 0 aliphatic carbocycles. The lowest BCUT2D eigenvalue weighted by atomic mass is 10.2. The van der Waals surface area contributed by atoms with Crippen LogP contribution in [-0.2, 0) is 9.59 Å². The molecule has 0 saturated carbocycles. The Kier molecular flexibility index (Phi) is 3.60. The van der Waals surface area contributed by atoms with Crippen LogP contribution in [-0.4, -0.2) is 61.9 Å². The summed E-state index contributed by atoms with van der Waals surface area (Å²) in [5.74, 6) is -0.217. The van der Waals surface area contributed by atoms with E-state index in [9.17, 15) is 9.59 Å². The van der Waals surface area contributed by atoms with Crippen LogP contribution in [0.25, 0.3) is 0 Å². The molecule has 0 radical (unpaired) electrons. The molecule has 0 spiro atoms. The molecule has 5 nitrogen and oxygen atoms in total. The molecule has 1 aliphatic rings. The van der Waals surface area contributed by atoms with E-state index in [-0.39, 0.29) is 17.9 Å². The van der Waals surface area contributed by atoms with Crippen LogP contribution in [0.5, 0.6) is 0 Å². The standard InChI is InChI=1S/C9H17N3O2/c1-11(2)5-4-10-7-6-8(13)12(3)9(7)14/h7,10H,4-6H2,1-3H3. The van der Waals surface area contributed by atoms with Crippen molar-refractivity contribution in [3.63, 3.8) is 0 Å². The molecule has 0 aromatic carbocycles. The van der Waals surface area contributed by atoms with E-state index in [4.69, 9.17) is 0 Å². The number of rotatable bonds is 4. The molecule has 1 atom stereocenters. The molecule has 14 heavy (non-hydrogen) atoms. The highest BCUT2D eigenvalue weighted by molar-refractivity contribution is 6.05. The molecule has 0 aromatic rings. The van der Waals surface area contributed by atoms with E-state index in [0.717, 1.165) is 13.1 Å². The van der Waals surface area contributed by atoms with Crippen molar-refractivity contribution in [3.8, 4) is 0 Å². The van der Waals surface area contributed by atoms with E-state index < -0.39 is 0 Å². The Hall–Kier alpha value is -0.940. The first-order valence-electron chi connectivity index (χ1n) is 4.71. The maximum atomic E-state index is 11.4. The Morgan fingerprint density at radius 3 is 2.57 bits per heavy atom. The minimum absolute atomic E-state index is 0.0997. The van der Waals surface area contributed by atoms with Gasteiger partial charge in [-0.1, -0.05) is 0 Å². The fourth-order valence-electron chi connectivity index (χ4n) is 1.38. The smallest absolute Gasteiger partial charge is 0.246 e. The van der Waals surface area contributed by atoms with Gasteiger partial charge in [-0.2, -0.15) is 0 Å². The van der Waals surface area contributed by atoms with Gasteiger partial charge < -0.3 is 10.2 Å². The van der Waals surface area contributed by atoms with Gasteiger partial charge in [0.25, 0.3) is 0 Å². The van der Waals surface area contributed by atoms with Gasteiger partial charge in [0.15, 0.2) is 0 Å². The van der Waals surface area contributed by atoms with Crippen molar-refractivity contribution < 1.29 is 9.59 Å². The summed E-state index contributed by atoms with van der Waals surface area (Å²) >= 11 is 0. The molecule has 1 unspecified atom stereocenters. The van der Waals surface area contributed by atoms with Crippen molar-refractivity contribution in [2.45, 2.75) is 12.5 Å². The molecule has 0 aromatic heterocycles. The van der Waals surface area contributed by atoms with Crippen LogP contribution in [0.1, 0.15) is 6.42 Å². The van der Waals surface area contributed by atoms with Gasteiger partial charge in [-0.15, -0.1) is 0 Å². The number of carbonyl (C=O) groups is 2. The minimum atomic E-state index is -0.313. The number of likely N-dealkylation sites (tertiary alicyclic amines) is 1. The van der Waals surface area contributed by atoms with E-state index in [2.05, 4.69) is 5.32 Å². The molecule has 1 heterocycles. The lowest BCUT2D eigenvalue weighted by Crippen LogP contribution is -2.40. The Labute approximate surface area is 84.0 Å². The van der Waals surface area contributed by atoms with Crippen LogP contribution in [0.15, 0.2) is 0 Å². The van der Waals surface area contributed by atoms with Crippen molar-refractivity contribution >= 4 is 11.8 Å². The minimum Gasteiger partial charge on any atom is -0.308 e. The summed E-state index contributed by atoms with van der Waals surface area (Å²) in [6.07, 6.45) is 0.294. The van der Waals surface area contributed by atoms with Gasteiger partial charge in [-0.05, 0) is 14.1 Å². The third-order valence-corrected chi connectivity index (χ3v) is 2.33. The van der Waals surface area contributed by atoms with Crippen LogP contribution in [0.2, 0.25) is 0 Å². The van der Waals surface area contributed by atoms with Gasteiger partial charge in [0.05, 0.1) is 12.5 Å². The summed E-state index contributed by atoms with van der Waals surface area (Å²) in [5.41, 5.74) is 0. The number of nitrogens with zero attached hydrogens (tertiary/aromatic N) is 2. The van der Waals surface area contributed by atoms with Gasteiger partial charge in [0.2, 0.25) is 11.8 Å². The lowest BCUT2D eigenvalue weighted by molar-refractivity contribution is -0.137. The molecule has 2 amide bonds. The number of carbonyl (C=O) groups excluding carboxylic acids is 2. The summed E-state index contributed by atoms with van der Waals surface area (Å²) in [4.78, 5) is 25.8. The third kappa shape index (κ3) is 2.52. The summed E-state index contributed by atoms with van der Waals surface area (Å²) in [5, 5.41) is 3.07. The van der Waals surface area contributed by atoms with Gasteiger partial charge in [-0.25, -0.2) is 0 Å². The van der Waals surface area contributed by atoms with E-state index >= 15 is 0 Å². The molecule has 1 fully saturated rings. The highest BCUT2D eigenvalue weighted by Gasteiger charge is 2.35. The maximum absolute atomic E-state index is 11.4. The molecule has 1 aliphatic heterocycles. The van der Waals surface area contributed by atoms with Crippen LogP contribution in [0.4, 0.5) is 0 Å². The number of hydrogen-bond acceptors (Lipinski definition) is 4. The highest BCUT2D eigenvalue weighted by atomic mass is 16.2. The normalized spacial score (nSPS) is 22.6. The molecule has 1 N–H and O–H groups in total. The van der Waals surface area contributed by atoms with Crippen LogP contribution >= 0.6 is 0 Å². The number of likely N-dealkylation sites (N-methyl/N-ethyl adjacent to an activating group) is 2. The average Bonchev–Trinajstić information content (AvgIpc) is 2.33. The van der Waals surface area contributed by atoms with Crippen molar-refractivity contribution in [3.05, 3.63) is 0 Å². The quantitative estimate of drug-likeness (QED) is 0.584. The number of amides is 2. The molecular weight excluding hydrogens is 182 g/mol. The van der Waals surface area contributed by atoms with E-state index in [1.54, 1.807) is 0 Å². The van der Waals surface area contributed by atoms with E-state index in [1.807, 2.05) is 19.0 Å². The molecule has 80 valence electrons. The zero-order valence-corrected chi connectivity index (χ0v) is 8.91. The Morgan fingerprint density at radius 2 is 2.14 bits per heavy atom. The first kappa shape index (κ1) is 11.1. The zero-order valence-electron chi connectivity index (χ0n) is 8.91. The SMILES string of the molecule is CN(C)CCNC1CC(=O)N(C)C1=O. The van der Waals surface area contributed by atoms with Crippen LogP contribution in [0, 0.1) is 0 Å². The maximum Gasteiger partial charge on any atom is 0.246 e. The summed E-state index contributed by atoms with van der Waals surface area (Å²) in [6.45, 7) is 1.59. The highest BCUT2D eigenvalue weighted by Crippen LogP contribution is 2.09. The monoisotopic (exact) mass is 199 g/mol. The first-order chi connectivity index (χ1) is 6.52. The topological polar surface area (TPSA) is 52.7 Å². The summed E-state index contributed by atoms with van der Waals surface area (Å²) in [7, 11) is 5.46. The number of nitrogens with one attached hydrogen (secondary N) is 1. The summed E-state index contributed by atoms with van der Waals surface area (Å²) < 4.78 is 0. The largest absolute Gasteiger partial charge is 0.308 e. The fraction of sp³-hybridized carbons (Fsp3) is 0.778. The Morgan fingerprint density at radius 1 is 1.50 bits per heavy atom. The molecule has 1 rings (SSSR count). The zero-order chi connectivity index (χ0) is 10.7. The van der Waals surface area contributed by atoms with Crippen LogP contribution in [0.3, 0.4) is 0 Å². The van der Waals surface area contributed by atoms with Gasteiger partial charge in [0.1, 0.15) is 0 Å². The van der Waals surface area contributed by atoms with Crippen molar-refractivity contribution in [2.75, 3.05) is 34.2 Å². The molecular formula is C9H17N3O2. The number of hydrogen-bond donors (Lipinski definition) is 1. The predicted molar refractivity (Wildman–Crippen MR) is 52.7 cm³/mol. The fourth-order valence-corrected chi connectivity index (χ4v) is 1.38.